The third-order valence-corrected chi connectivity index (χ3v) is 7.95. The molecule has 1 fully saturated rings. The van der Waals surface area contributed by atoms with Crippen LogP contribution in [0.5, 0.6) is 0 Å². The molecule has 0 bridgehead atoms. The minimum atomic E-state index is -0.560. The van der Waals surface area contributed by atoms with E-state index in [2.05, 4.69) is 10.00 Å². The molecule has 0 saturated carbocycles. The van der Waals surface area contributed by atoms with Gasteiger partial charge in [-0.25, -0.2) is 9.67 Å². The second kappa shape index (κ2) is 9.66. The molecule has 9 nitrogen and oxygen atoms in total. The number of aromatic nitrogens is 6. The van der Waals surface area contributed by atoms with Crippen molar-refractivity contribution in [3.8, 4) is 23.0 Å². The van der Waals surface area contributed by atoms with Crippen molar-refractivity contribution in [3.05, 3.63) is 76.5 Å². The average Bonchev–Trinajstić information content (AvgIpc) is 3.53. The fourth-order valence-corrected chi connectivity index (χ4v) is 5.24. The number of piperidine rings is 1. The van der Waals surface area contributed by atoms with Gasteiger partial charge in [0.2, 0.25) is 5.91 Å². The van der Waals surface area contributed by atoms with Crippen molar-refractivity contribution in [2.75, 3.05) is 18.0 Å². The summed E-state index contributed by atoms with van der Waals surface area (Å²) in [6, 6.07) is 17.0. The molecule has 4 heterocycles. The third-order valence-electron chi connectivity index (χ3n) is 7.37. The van der Waals surface area contributed by atoms with Crippen molar-refractivity contribution in [1.82, 2.24) is 29.3 Å². The highest BCUT2D eigenvalue weighted by Gasteiger charge is 2.37. The first-order valence-electron chi connectivity index (χ1n) is 12.6. The summed E-state index contributed by atoms with van der Waals surface area (Å²) in [4.78, 5) is 29.3. The molecule has 198 valence electrons. The van der Waals surface area contributed by atoms with Crippen LogP contribution in [-0.2, 0) is 4.79 Å². The van der Waals surface area contributed by atoms with E-state index in [1.807, 2.05) is 79.2 Å². The summed E-state index contributed by atoms with van der Waals surface area (Å²) < 4.78 is 3.62. The number of imidazole rings is 1. The predicted octanol–water partition coefficient (Wildman–Crippen LogP) is 5.38. The number of aryl methyl sites for hydroxylation is 1. The van der Waals surface area contributed by atoms with Crippen molar-refractivity contribution >= 4 is 46.1 Å². The van der Waals surface area contributed by atoms with Gasteiger partial charge >= 0.3 is 0 Å². The van der Waals surface area contributed by atoms with E-state index in [4.69, 9.17) is 43.9 Å². The Morgan fingerprint density at radius 1 is 0.974 bits per heavy atom. The smallest absolute Gasteiger partial charge is 0.254 e. The summed E-state index contributed by atoms with van der Waals surface area (Å²) in [7, 11) is 0. The molecule has 11 heteroatoms. The number of primary amides is 1. The molecular formula is C28H26Cl2N8O. The Kier molecular flexibility index (Phi) is 6.28. The molecule has 1 aliphatic rings. The molecule has 3 aromatic heterocycles. The number of nitrogens with two attached hydrogens (primary N) is 1. The fraction of sp³-hybridized carbons (Fsp3) is 0.250. The van der Waals surface area contributed by atoms with Crippen molar-refractivity contribution in [2.24, 2.45) is 11.1 Å². The quantitative estimate of drug-likeness (QED) is 0.309. The third kappa shape index (κ3) is 4.51. The van der Waals surface area contributed by atoms with Crippen LogP contribution in [0.3, 0.4) is 0 Å². The van der Waals surface area contributed by atoms with E-state index in [0.29, 0.717) is 64.7 Å². The molecule has 0 radical (unpaired) electrons. The molecule has 1 amide bonds. The maximum absolute atomic E-state index is 12.1. The van der Waals surface area contributed by atoms with Crippen LogP contribution in [-0.4, -0.2) is 48.3 Å². The van der Waals surface area contributed by atoms with Crippen LogP contribution in [0.25, 0.3) is 34.2 Å². The Morgan fingerprint density at radius 3 is 2.33 bits per heavy atom. The number of carbonyl (C=O) groups excluding carboxylic acids is 1. The number of benzene rings is 2. The van der Waals surface area contributed by atoms with Crippen molar-refractivity contribution in [3.63, 3.8) is 0 Å². The van der Waals surface area contributed by atoms with Gasteiger partial charge < -0.3 is 10.6 Å². The van der Waals surface area contributed by atoms with Crippen LogP contribution in [0.2, 0.25) is 10.0 Å². The Balaban J connectivity index is 1.62. The van der Waals surface area contributed by atoms with E-state index >= 15 is 0 Å². The molecule has 1 aliphatic heterocycles. The molecular weight excluding hydrogens is 535 g/mol. The number of anilines is 1. The lowest BCUT2D eigenvalue weighted by Crippen LogP contribution is -2.45. The highest BCUT2D eigenvalue weighted by atomic mass is 35.5. The number of hydrogen-bond acceptors (Lipinski definition) is 6. The van der Waals surface area contributed by atoms with Crippen LogP contribution in [0, 0.1) is 12.3 Å². The zero-order chi connectivity index (χ0) is 27.3. The molecule has 0 atom stereocenters. The van der Waals surface area contributed by atoms with Gasteiger partial charge in [0.25, 0.3) is 5.95 Å². The van der Waals surface area contributed by atoms with Gasteiger partial charge in [0.05, 0.1) is 10.7 Å². The Hall–Kier alpha value is -3.95. The van der Waals surface area contributed by atoms with Gasteiger partial charge in [-0.05, 0) is 62.2 Å². The van der Waals surface area contributed by atoms with E-state index in [1.165, 1.54) is 0 Å². The van der Waals surface area contributed by atoms with E-state index in [9.17, 15) is 4.79 Å². The molecule has 2 N–H and O–H groups in total. The SMILES string of the molecule is Cc1ccn(-c2nc(N3CCC(C)(C(N)=O)CC3)c3nc(-c4ccccc4Cl)n(-c4ccc(Cl)cc4)c3n2)n1. The standard InChI is InChI=1S/C28H26Cl2N8O/c1-17-11-14-37(35-17)27-33-24(36-15-12-28(2,13-16-36)26(31)39)22-25(34-27)38(19-9-7-18(29)8-10-19)23(32-22)20-5-3-4-6-21(20)30/h3-11,14H,12-13,15-16H2,1-2H3,(H2,31,39). The molecule has 6 rings (SSSR count). The van der Waals surface area contributed by atoms with Crippen LogP contribution in [0.4, 0.5) is 5.82 Å². The van der Waals surface area contributed by atoms with E-state index in [-0.39, 0.29) is 5.91 Å². The number of halogens is 2. The summed E-state index contributed by atoms with van der Waals surface area (Å²) in [5.41, 5.74) is 8.81. The highest BCUT2D eigenvalue weighted by molar-refractivity contribution is 6.33. The molecule has 39 heavy (non-hydrogen) atoms. The van der Waals surface area contributed by atoms with Gasteiger partial charge in [-0.15, -0.1) is 0 Å². The van der Waals surface area contributed by atoms with Crippen LogP contribution in [0.1, 0.15) is 25.5 Å². The maximum Gasteiger partial charge on any atom is 0.254 e. The molecule has 0 unspecified atom stereocenters. The van der Waals surface area contributed by atoms with Gasteiger partial charge in [0.15, 0.2) is 17.0 Å². The number of hydrogen-bond donors (Lipinski definition) is 1. The Labute approximate surface area is 235 Å². The summed E-state index contributed by atoms with van der Waals surface area (Å²) in [5.74, 6) is 1.42. The number of rotatable bonds is 5. The molecule has 2 aromatic carbocycles. The van der Waals surface area contributed by atoms with Gasteiger partial charge in [-0.2, -0.15) is 15.1 Å². The van der Waals surface area contributed by atoms with Gasteiger partial charge in [0.1, 0.15) is 5.82 Å². The lowest BCUT2D eigenvalue weighted by atomic mass is 9.80. The monoisotopic (exact) mass is 560 g/mol. The number of fused-ring (bicyclic) bond motifs is 1. The van der Waals surface area contributed by atoms with E-state index in [0.717, 1.165) is 16.9 Å². The largest absolute Gasteiger partial charge is 0.369 e. The minimum Gasteiger partial charge on any atom is -0.369 e. The lowest BCUT2D eigenvalue weighted by molar-refractivity contribution is -0.127. The fourth-order valence-electron chi connectivity index (χ4n) is 4.90. The lowest BCUT2D eigenvalue weighted by Gasteiger charge is -2.37. The summed E-state index contributed by atoms with van der Waals surface area (Å²) >= 11 is 12.9. The second-order valence-corrected chi connectivity index (χ2v) is 10.9. The van der Waals surface area contributed by atoms with Gasteiger partial charge in [0, 0.05) is 41.0 Å². The highest BCUT2D eigenvalue weighted by Crippen LogP contribution is 2.38. The normalized spacial score (nSPS) is 15.1. The van der Waals surface area contributed by atoms with Crippen molar-refractivity contribution in [1.29, 1.82) is 0 Å². The van der Waals surface area contributed by atoms with Gasteiger partial charge in [-0.3, -0.25) is 9.36 Å². The van der Waals surface area contributed by atoms with Crippen LogP contribution < -0.4 is 10.6 Å². The first-order valence-corrected chi connectivity index (χ1v) is 13.4. The van der Waals surface area contributed by atoms with E-state index < -0.39 is 5.41 Å². The first kappa shape index (κ1) is 25.3. The number of amides is 1. The maximum atomic E-state index is 12.1. The zero-order valence-corrected chi connectivity index (χ0v) is 23.0. The molecule has 0 spiro atoms. The summed E-state index contributed by atoms with van der Waals surface area (Å²) in [6.07, 6.45) is 3.05. The van der Waals surface area contributed by atoms with E-state index in [1.54, 1.807) is 4.68 Å². The summed E-state index contributed by atoms with van der Waals surface area (Å²) in [5, 5.41) is 5.74. The predicted molar refractivity (Wildman–Crippen MR) is 153 cm³/mol. The van der Waals surface area contributed by atoms with Crippen molar-refractivity contribution < 1.29 is 4.79 Å². The molecule has 5 aromatic rings. The summed E-state index contributed by atoms with van der Waals surface area (Å²) in [6.45, 7) is 5.03. The molecule has 1 saturated heterocycles. The number of carbonyl (C=O) groups is 1. The Morgan fingerprint density at radius 2 is 1.69 bits per heavy atom. The zero-order valence-electron chi connectivity index (χ0n) is 21.5. The average molecular weight is 561 g/mol. The topological polar surface area (TPSA) is 108 Å². The molecule has 0 aliphatic carbocycles. The van der Waals surface area contributed by atoms with Gasteiger partial charge in [-0.1, -0.05) is 42.3 Å². The van der Waals surface area contributed by atoms with Crippen LogP contribution >= 0.6 is 23.2 Å². The van der Waals surface area contributed by atoms with Crippen molar-refractivity contribution in [2.45, 2.75) is 26.7 Å². The first-order chi connectivity index (χ1) is 18.7. The van der Waals surface area contributed by atoms with Crippen LogP contribution in [0.15, 0.2) is 60.8 Å². The minimum absolute atomic E-state index is 0.282. The number of nitrogens with zero attached hydrogens (tertiary/aromatic N) is 7. The second-order valence-electron chi connectivity index (χ2n) is 10.1. The Bertz CT molecular complexity index is 1700.